The summed E-state index contributed by atoms with van der Waals surface area (Å²) in [5, 5.41) is 5.26. The van der Waals surface area contributed by atoms with Crippen LogP contribution in [-0.4, -0.2) is 50.2 Å². The van der Waals surface area contributed by atoms with E-state index < -0.39 is 18.1 Å². The van der Waals surface area contributed by atoms with Crippen molar-refractivity contribution >= 4 is 45.9 Å². The van der Waals surface area contributed by atoms with Crippen LogP contribution in [0.2, 0.25) is 5.15 Å². The summed E-state index contributed by atoms with van der Waals surface area (Å²) in [5.74, 6) is -0.722. The quantitative estimate of drug-likeness (QED) is 0.350. The van der Waals surface area contributed by atoms with E-state index in [-0.39, 0.29) is 10.4 Å². The minimum Gasteiger partial charge on any atom is -0.339 e. The molecule has 7 nitrogen and oxygen atoms in total. The predicted octanol–water partition coefficient (Wildman–Crippen LogP) is 5.61. The third kappa shape index (κ3) is 4.34. The second-order valence-corrected chi connectivity index (χ2v) is 9.90. The van der Waals surface area contributed by atoms with Crippen LogP contribution in [0.1, 0.15) is 38.4 Å². The van der Waals surface area contributed by atoms with Gasteiger partial charge in [0.15, 0.2) is 16.8 Å². The molecule has 0 radical (unpaired) electrons. The summed E-state index contributed by atoms with van der Waals surface area (Å²) in [6, 6.07) is 5.70. The third-order valence-electron chi connectivity index (χ3n) is 5.99. The zero-order chi connectivity index (χ0) is 24.9. The maximum Gasteiger partial charge on any atom is 0.413 e. The van der Waals surface area contributed by atoms with Crippen molar-refractivity contribution in [3.8, 4) is 0 Å². The lowest BCUT2D eigenvalue weighted by Gasteiger charge is -2.32. The van der Waals surface area contributed by atoms with Gasteiger partial charge in [-0.05, 0) is 37.5 Å². The topological polar surface area (TPSA) is 66.6 Å². The first-order valence-electron chi connectivity index (χ1n) is 10.8. The lowest BCUT2D eigenvalue weighted by Crippen LogP contribution is -2.39. The van der Waals surface area contributed by atoms with Crippen LogP contribution in [0.15, 0.2) is 42.7 Å². The number of halogens is 4. The first-order chi connectivity index (χ1) is 16.6. The molecule has 1 atom stereocenters. The van der Waals surface area contributed by atoms with E-state index in [0.717, 1.165) is 53.2 Å². The monoisotopic (exact) mass is 520 g/mol. The maximum absolute atomic E-state index is 14.1. The van der Waals surface area contributed by atoms with E-state index in [1.807, 2.05) is 4.90 Å². The molecule has 12 heteroatoms. The van der Waals surface area contributed by atoms with Crippen molar-refractivity contribution < 1.29 is 18.0 Å². The van der Waals surface area contributed by atoms with Crippen LogP contribution in [-0.2, 0) is 6.42 Å². The van der Waals surface area contributed by atoms with Crippen LogP contribution >= 0.6 is 22.9 Å². The fourth-order valence-electron chi connectivity index (χ4n) is 4.42. The average molecular weight is 521 g/mol. The van der Waals surface area contributed by atoms with E-state index in [9.17, 15) is 18.0 Å². The lowest BCUT2D eigenvalue weighted by atomic mass is 10.0. The highest BCUT2D eigenvalue weighted by Crippen LogP contribution is 2.40. The van der Waals surface area contributed by atoms with Crippen LogP contribution in [0, 0.1) is 6.92 Å². The van der Waals surface area contributed by atoms with Gasteiger partial charge in [0.05, 0.1) is 28.8 Å². The number of nitrogens with zero attached hydrogens (tertiary/aromatic N) is 6. The minimum absolute atomic E-state index is 0.0250. The van der Waals surface area contributed by atoms with Gasteiger partial charge in [0.25, 0.3) is 5.91 Å². The van der Waals surface area contributed by atoms with Crippen LogP contribution in [0.5, 0.6) is 0 Å². The molecule has 0 saturated carbocycles. The summed E-state index contributed by atoms with van der Waals surface area (Å²) in [6.45, 7) is 2.38. The van der Waals surface area contributed by atoms with Crippen LogP contribution in [0.3, 0.4) is 0 Å². The molecule has 1 aromatic carbocycles. The molecular weight excluding hydrogens is 501 g/mol. The molecule has 0 bridgehead atoms. The number of thiazole rings is 1. The molecule has 0 aliphatic carbocycles. The Morgan fingerprint density at radius 3 is 2.60 bits per heavy atom. The molecule has 1 amide bonds. The van der Waals surface area contributed by atoms with Crippen molar-refractivity contribution in [2.24, 2.45) is 0 Å². The Labute approximate surface area is 207 Å². The highest BCUT2D eigenvalue weighted by Gasteiger charge is 2.45. The molecule has 1 aliphatic rings. The number of fused-ring (bicyclic) bond motifs is 3. The normalized spacial score (nSPS) is 14.7. The first kappa shape index (κ1) is 23.6. The fraction of sp³-hybridized carbons (Fsp3) is 0.304. The number of anilines is 2. The Hall–Kier alpha value is -3.18. The lowest BCUT2D eigenvalue weighted by molar-refractivity contribution is -0.176. The van der Waals surface area contributed by atoms with Gasteiger partial charge in [-0.3, -0.25) is 4.79 Å². The van der Waals surface area contributed by atoms with Crippen molar-refractivity contribution in [2.45, 2.75) is 32.0 Å². The summed E-state index contributed by atoms with van der Waals surface area (Å²) in [4.78, 5) is 24.0. The third-order valence-corrected chi connectivity index (χ3v) is 7.07. The van der Waals surface area contributed by atoms with Gasteiger partial charge in [0, 0.05) is 25.3 Å². The molecule has 0 unspecified atom stereocenters. The molecule has 4 aromatic rings. The maximum atomic E-state index is 14.1. The van der Waals surface area contributed by atoms with Gasteiger partial charge in [-0.2, -0.15) is 18.3 Å². The number of carbonyl (C=O) groups is 1. The highest BCUT2D eigenvalue weighted by atomic mass is 35.5. The number of benzene rings is 1. The van der Waals surface area contributed by atoms with Crippen LogP contribution in [0.25, 0.3) is 5.65 Å². The molecule has 3 aromatic heterocycles. The smallest absolute Gasteiger partial charge is 0.339 e. The Kier molecular flexibility index (Phi) is 5.92. The zero-order valence-electron chi connectivity index (χ0n) is 18.8. The predicted molar refractivity (Wildman–Crippen MR) is 128 cm³/mol. The van der Waals surface area contributed by atoms with Gasteiger partial charge >= 0.3 is 6.18 Å². The van der Waals surface area contributed by atoms with Crippen molar-refractivity contribution in [2.75, 3.05) is 18.5 Å². The number of carbonyl (C=O) groups excluding carboxylic acids is 1. The standard InChI is InChI=1S/C23H20ClF3N6OS/c1-13-28-12-18(35-13)22(34)31(2)21(23(25,26)27)14-5-7-15(8-6-14)32-9-3-4-16-17(32)11-29-20-10-19(24)30-33(16)20/h5-8,10-12,21H,3-4,9H2,1-2H3/t21-/m0/s1. The number of amides is 1. The molecule has 5 rings (SSSR count). The summed E-state index contributed by atoms with van der Waals surface area (Å²) >= 11 is 7.11. The van der Waals surface area contributed by atoms with Gasteiger partial charge in [-0.1, -0.05) is 23.7 Å². The number of aryl methyl sites for hydroxylation is 2. The molecule has 35 heavy (non-hydrogen) atoms. The molecule has 4 heterocycles. The Morgan fingerprint density at radius 2 is 1.94 bits per heavy atom. The zero-order valence-corrected chi connectivity index (χ0v) is 20.3. The summed E-state index contributed by atoms with van der Waals surface area (Å²) in [5.41, 5.74) is 3.11. The van der Waals surface area contributed by atoms with Crippen molar-refractivity contribution in [3.63, 3.8) is 0 Å². The molecule has 1 aliphatic heterocycles. The number of aromatic nitrogens is 4. The number of rotatable bonds is 4. The Balaban J connectivity index is 1.46. The van der Waals surface area contributed by atoms with Gasteiger partial charge in [-0.15, -0.1) is 11.3 Å². The second kappa shape index (κ2) is 8.80. The molecule has 0 fully saturated rings. The molecule has 0 saturated heterocycles. The van der Waals surface area contributed by atoms with E-state index in [2.05, 4.69) is 15.1 Å². The molecule has 0 N–H and O–H groups in total. The second-order valence-electron chi connectivity index (χ2n) is 8.28. The van der Waals surface area contributed by atoms with E-state index in [1.54, 1.807) is 35.8 Å². The average Bonchev–Trinajstić information content (AvgIpc) is 3.42. The summed E-state index contributed by atoms with van der Waals surface area (Å²) < 4.78 is 44.0. The van der Waals surface area contributed by atoms with Gasteiger partial charge < -0.3 is 9.80 Å². The van der Waals surface area contributed by atoms with E-state index in [1.165, 1.54) is 18.3 Å². The van der Waals surface area contributed by atoms with E-state index in [0.29, 0.717) is 22.4 Å². The summed E-state index contributed by atoms with van der Waals surface area (Å²) in [7, 11) is 1.16. The van der Waals surface area contributed by atoms with Crippen molar-refractivity contribution in [1.29, 1.82) is 0 Å². The van der Waals surface area contributed by atoms with Crippen molar-refractivity contribution in [3.05, 3.63) is 69.0 Å². The summed E-state index contributed by atoms with van der Waals surface area (Å²) in [6.07, 6.45) is 0.0000612. The van der Waals surface area contributed by atoms with Crippen LogP contribution in [0.4, 0.5) is 24.5 Å². The largest absolute Gasteiger partial charge is 0.413 e. The molecule has 182 valence electrons. The first-order valence-corrected chi connectivity index (χ1v) is 12.0. The van der Waals surface area contributed by atoms with E-state index in [4.69, 9.17) is 11.6 Å². The minimum atomic E-state index is -4.65. The van der Waals surface area contributed by atoms with Crippen LogP contribution < -0.4 is 4.90 Å². The van der Waals surface area contributed by atoms with Gasteiger partial charge in [-0.25, -0.2) is 14.5 Å². The van der Waals surface area contributed by atoms with Gasteiger partial charge in [0.2, 0.25) is 0 Å². The highest BCUT2D eigenvalue weighted by molar-refractivity contribution is 7.13. The molecular formula is C23H20ClF3N6OS. The number of hydrogen-bond acceptors (Lipinski definition) is 6. The van der Waals surface area contributed by atoms with E-state index >= 15 is 0 Å². The SMILES string of the molecule is Cc1ncc(C(=O)N(C)[C@@H](c2ccc(N3CCCc4c3cnc3cc(Cl)nn43)cc2)C(F)(F)F)s1. The molecule has 0 spiro atoms. The van der Waals surface area contributed by atoms with Gasteiger partial charge in [0.1, 0.15) is 4.88 Å². The van der Waals surface area contributed by atoms with Crippen molar-refractivity contribution in [1.82, 2.24) is 24.5 Å². The Bertz CT molecular complexity index is 1400. The fourth-order valence-corrected chi connectivity index (χ4v) is 5.35. The number of alkyl halides is 3. The number of hydrogen-bond donors (Lipinski definition) is 0. The Morgan fingerprint density at radius 1 is 1.20 bits per heavy atom.